The minimum Gasteiger partial charge on any atom is -0.497 e. The number of aromatic nitrogens is 3. The molecule has 0 unspecified atom stereocenters. The first-order chi connectivity index (χ1) is 19.5. The van der Waals surface area contributed by atoms with E-state index in [0.29, 0.717) is 11.7 Å². The number of thioether (sulfide) groups is 1. The van der Waals surface area contributed by atoms with Gasteiger partial charge < -0.3 is 10.1 Å². The molecule has 0 saturated carbocycles. The van der Waals surface area contributed by atoms with Gasteiger partial charge in [0.15, 0.2) is 11.0 Å². The molecule has 0 bridgehead atoms. The maximum absolute atomic E-state index is 13.0. The lowest BCUT2D eigenvalue weighted by atomic mass is 10.0. The number of rotatable bonds is 10. The highest BCUT2D eigenvalue weighted by atomic mass is 32.2. The van der Waals surface area contributed by atoms with Crippen molar-refractivity contribution in [1.29, 1.82) is 0 Å². The molecule has 202 valence electrons. The number of ether oxygens (including phenoxy) is 1. The van der Waals surface area contributed by atoms with Crippen LogP contribution in [0, 0.1) is 0 Å². The lowest BCUT2D eigenvalue weighted by Gasteiger charge is -2.14. The SMILES string of the molecule is COc1ccc(NCc2nnc(S[C@@H](C)C(=O)NN=C(C)c3ccc4ccccc4c3)n2-c2ccccc2)cc1. The number of benzene rings is 4. The third kappa shape index (κ3) is 6.32. The van der Waals surface area contributed by atoms with Crippen LogP contribution in [0.5, 0.6) is 5.75 Å². The minimum absolute atomic E-state index is 0.217. The van der Waals surface area contributed by atoms with Gasteiger partial charge in [-0.05, 0) is 72.6 Å². The summed E-state index contributed by atoms with van der Waals surface area (Å²) in [6.07, 6.45) is 0. The standard InChI is InChI=1S/C31H30N6O2S/c1-21(24-14-13-23-9-7-8-10-25(23)19-24)33-35-30(38)22(2)40-31-36-34-29(37(31)27-11-5-4-6-12-27)20-32-26-15-17-28(39-3)18-16-26/h4-19,22,32H,20H2,1-3H3,(H,35,38)/t22-/m0/s1. The second-order valence-electron chi connectivity index (χ2n) is 9.15. The van der Waals surface area contributed by atoms with Crippen LogP contribution >= 0.6 is 11.8 Å². The van der Waals surface area contributed by atoms with E-state index in [1.165, 1.54) is 11.8 Å². The van der Waals surface area contributed by atoms with Crippen LogP contribution in [-0.2, 0) is 11.3 Å². The van der Waals surface area contributed by atoms with Gasteiger partial charge in [0.1, 0.15) is 5.75 Å². The molecule has 9 heteroatoms. The number of anilines is 1. The van der Waals surface area contributed by atoms with Crippen molar-refractivity contribution in [3.05, 3.63) is 108 Å². The first-order valence-corrected chi connectivity index (χ1v) is 13.8. The first-order valence-electron chi connectivity index (χ1n) is 12.9. The smallest absolute Gasteiger partial charge is 0.253 e. The lowest BCUT2D eigenvalue weighted by molar-refractivity contribution is -0.120. The number of carbonyl (C=O) groups excluding carboxylic acids is 1. The van der Waals surface area contributed by atoms with E-state index in [1.807, 2.05) is 91.2 Å². The zero-order valence-corrected chi connectivity index (χ0v) is 23.4. The molecule has 1 heterocycles. The Balaban J connectivity index is 1.29. The second kappa shape index (κ2) is 12.5. The van der Waals surface area contributed by atoms with Crippen molar-refractivity contribution in [3.63, 3.8) is 0 Å². The van der Waals surface area contributed by atoms with Gasteiger partial charge in [0.25, 0.3) is 5.91 Å². The highest BCUT2D eigenvalue weighted by molar-refractivity contribution is 8.00. The molecule has 1 aromatic heterocycles. The number of carbonyl (C=O) groups is 1. The van der Waals surface area contributed by atoms with Crippen LogP contribution in [0.25, 0.3) is 16.5 Å². The average molecular weight is 551 g/mol. The fraction of sp³-hybridized carbons (Fsp3) is 0.161. The zero-order valence-electron chi connectivity index (χ0n) is 22.5. The summed E-state index contributed by atoms with van der Waals surface area (Å²) < 4.78 is 7.21. The van der Waals surface area contributed by atoms with Gasteiger partial charge >= 0.3 is 0 Å². The second-order valence-corrected chi connectivity index (χ2v) is 10.5. The molecule has 0 spiro atoms. The highest BCUT2D eigenvalue weighted by Crippen LogP contribution is 2.26. The van der Waals surface area contributed by atoms with Crippen molar-refractivity contribution in [2.45, 2.75) is 30.8 Å². The molecule has 5 aromatic rings. The summed E-state index contributed by atoms with van der Waals surface area (Å²) >= 11 is 1.33. The molecule has 0 aliphatic heterocycles. The largest absolute Gasteiger partial charge is 0.497 e. The minimum atomic E-state index is -0.456. The van der Waals surface area contributed by atoms with Gasteiger partial charge in [0.05, 0.1) is 24.6 Å². The molecule has 0 radical (unpaired) electrons. The van der Waals surface area contributed by atoms with E-state index in [-0.39, 0.29) is 5.91 Å². The molecule has 0 aliphatic carbocycles. The predicted molar refractivity (Wildman–Crippen MR) is 161 cm³/mol. The quantitative estimate of drug-likeness (QED) is 0.125. The lowest BCUT2D eigenvalue weighted by Crippen LogP contribution is -2.28. The van der Waals surface area contributed by atoms with Crippen molar-refractivity contribution in [2.75, 3.05) is 12.4 Å². The Hall–Kier alpha value is -4.63. The maximum Gasteiger partial charge on any atom is 0.253 e. The summed E-state index contributed by atoms with van der Waals surface area (Å²) in [5.41, 5.74) is 6.26. The molecule has 0 aliphatic rings. The van der Waals surface area contributed by atoms with E-state index in [1.54, 1.807) is 7.11 Å². The molecule has 5 rings (SSSR count). The van der Waals surface area contributed by atoms with Gasteiger partial charge in [-0.25, -0.2) is 5.43 Å². The molecule has 8 nitrogen and oxygen atoms in total. The molecule has 1 amide bonds. The molecular formula is C31H30N6O2S. The molecule has 4 aromatic carbocycles. The van der Waals surface area contributed by atoms with Gasteiger partial charge in [-0.3, -0.25) is 9.36 Å². The number of hydrogen-bond donors (Lipinski definition) is 2. The van der Waals surface area contributed by atoms with Gasteiger partial charge in [-0.15, -0.1) is 10.2 Å². The maximum atomic E-state index is 13.0. The number of hydrogen-bond acceptors (Lipinski definition) is 7. The van der Waals surface area contributed by atoms with Gasteiger partial charge in [-0.2, -0.15) is 5.10 Å². The van der Waals surface area contributed by atoms with Crippen LogP contribution in [0.2, 0.25) is 0 Å². The number of para-hydroxylation sites is 1. The van der Waals surface area contributed by atoms with E-state index < -0.39 is 5.25 Å². The molecule has 0 saturated heterocycles. The Morgan fingerprint density at radius 1 is 0.950 bits per heavy atom. The summed E-state index contributed by atoms with van der Waals surface area (Å²) in [5.74, 6) is 1.30. The molecule has 2 N–H and O–H groups in total. The van der Waals surface area contributed by atoms with Crippen molar-refractivity contribution < 1.29 is 9.53 Å². The Morgan fingerprint density at radius 2 is 1.68 bits per heavy atom. The number of methoxy groups -OCH3 is 1. The van der Waals surface area contributed by atoms with Crippen LogP contribution < -0.4 is 15.5 Å². The van der Waals surface area contributed by atoms with Crippen LogP contribution in [0.1, 0.15) is 25.2 Å². The van der Waals surface area contributed by atoms with E-state index in [0.717, 1.165) is 45.0 Å². The van der Waals surface area contributed by atoms with Crippen LogP contribution in [0.15, 0.2) is 107 Å². The number of nitrogens with one attached hydrogen (secondary N) is 2. The number of nitrogens with zero attached hydrogens (tertiary/aromatic N) is 4. The normalized spacial score (nSPS) is 12.2. The Labute approximate surface area is 237 Å². The third-order valence-corrected chi connectivity index (χ3v) is 7.45. The van der Waals surface area contributed by atoms with Gasteiger partial charge in [0.2, 0.25) is 0 Å². The molecular weight excluding hydrogens is 520 g/mol. The molecule has 1 atom stereocenters. The summed E-state index contributed by atoms with van der Waals surface area (Å²) in [4.78, 5) is 13.0. The van der Waals surface area contributed by atoms with E-state index >= 15 is 0 Å². The van der Waals surface area contributed by atoms with E-state index in [2.05, 4.69) is 50.3 Å². The van der Waals surface area contributed by atoms with E-state index in [9.17, 15) is 4.79 Å². The zero-order chi connectivity index (χ0) is 27.9. The fourth-order valence-corrected chi connectivity index (χ4v) is 5.02. The summed E-state index contributed by atoms with van der Waals surface area (Å²) in [6.45, 7) is 4.17. The van der Waals surface area contributed by atoms with E-state index in [4.69, 9.17) is 4.74 Å². The van der Waals surface area contributed by atoms with Crippen molar-refractivity contribution >= 4 is 39.8 Å². The molecule has 40 heavy (non-hydrogen) atoms. The van der Waals surface area contributed by atoms with Crippen LogP contribution in [0.4, 0.5) is 5.69 Å². The van der Waals surface area contributed by atoms with Gasteiger partial charge in [-0.1, -0.05) is 66.4 Å². The number of fused-ring (bicyclic) bond motifs is 1. The molecule has 0 fully saturated rings. The summed E-state index contributed by atoms with van der Waals surface area (Å²) in [5, 5.41) is 19.1. The topological polar surface area (TPSA) is 93.4 Å². The highest BCUT2D eigenvalue weighted by Gasteiger charge is 2.21. The van der Waals surface area contributed by atoms with Crippen molar-refractivity contribution in [1.82, 2.24) is 20.2 Å². The monoisotopic (exact) mass is 550 g/mol. The fourth-order valence-electron chi connectivity index (χ4n) is 4.14. The van der Waals surface area contributed by atoms with Gasteiger partial charge in [0, 0.05) is 11.4 Å². The Bertz CT molecular complexity index is 1630. The average Bonchev–Trinajstić information content (AvgIpc) is 3.41. The van der Waals surface area contributed by atoms with Crippen molar-refractivity contribution in [2.24, 2.45) is 5.10 Å². The van der Waals surface area contributed by atoms with Crippen LogP contribution in [0.3, 0.4) is 0 Å². The third-order valence-electron chi connectivity index (χ3n) is 6.41. The number of hydrazone groups is 1. The summed E-state index contributed by atoms with van der Waals surface area (Å²) in [7, 11) is 1.64. The number of amides is 1. The first kappa shape index (κ1) is 27.0. The van der Waals surface area contributed by atoms with Crippen molar-refractivity contribution in [3.8, 4) is 11.4 Å². The Morgan fingerprint density at radius 3 is 2.42 bits per heavy atom. The summed E-state index contributed by atoms with van der Waals surface area (Å²) in [6, 6.07) is 31.9. The Kier molecular flexibility index (Phi) is 8.41. The van der Waals surface area contributed by atoms with Crippen LogP contribution in [-0.4, -0.2) is 38.7 Å². The predicted octanol–water partition coefficient (Wildman–Crippen LogP) is 6.06.